The minimum atomic E-state index is -4.58. The summed E-state index contributed by atoms with van der Waals surface area (Å²) >= 11 is 0. The van der Waals surface area contributed by atoms with Crippen LogP contribution in [-0.4, -0.2) is 17.3 Å². The summed E-state index contributed by atoms with van der Waals surface area (Å²) in [4.78, 5) is 10.4. The summed E-state index contributed by atoms with van der Waals surface area (Å²) < 4.78 is 42.9. The Kier molecular flexibility index (Phi) is 3.30. The second-order valence-electron chi connectivity index (χ2n) is 3.56. The number of hydrogen-bond donors (Lipinski definition) is 1. The highest BCUT2D eigenvalue weighted by molar-refractivity contribution is 5.68. The molecule has 1 unspecified atom stereocenters. The van der Waals surface area contributed by atoms with Crippen molar-refractivity contribution in [2.45, 2.75) is 32.4 Å². The fraction of sp³-hybridized carbons (Fsp3) is 0.500. The maximum absolute atomic E-state index is 12.7. The Morgan fingerprint density at radius 1 is 1.50 bits per heavy atom. The van der Waals surface area contributed by atoms with E-state index < -0.39 is 24.5 Å². The van der Waals surface area contributed by atoms with E-state index in [2.05, 4.69) is 0 Å². The fourth-order valence-electron chi connectivity index (χ4n) is 1.57. The summed E-state index contributed by atoms with van der Waals surface area (Å²) in [5.41, 5.74) is -0.104. The van der Waals surface area contributed by atoms with Crippen LogP contribution in [0.1, 0.15) is 29.4 Å². The Labute approximate surface area is 89.9 Å². The molecule has 3 nitrogen and oxygen atoms in total. The molecule has 16 heavy (non-hydrogen) atoms. The lowest BCUT2D eigenvalue weighted by atomic mass is 9.95. The zero-order chi connectivity index (χ0) is 12.5. The number of rotatable bonds is 3. The number of alkyl halides is 3. The van der Waals surface area contributed by atoms with Gasteiger partial charge in [-0.3, -0.25) is 4.79 Å². The van der Waals surface area contributed by atoms with Gasteiger partial charge in [0.2, 0.25) is 0 Å². The van der Waals surface area contributed by atoms with Crippen molar-refractivity contribution < 1.29 is 27.5 Å². The number of aliphatic carboxylic acids is 1. The minimum Gasteiger partial charge on any atom is -0.481 e. The molecule has 6 heteroatoms. The molecule has 1 rings (SSSR count). The number of carboxylic acids is 1. The van der Waals surface area contributed by atoms with Gasteiger partial charge in [-0.1, -0.05) is 0 Å². The van der Waals surface area contributed by atoms with Gasteiger partial charge in [-0.05, 0) is 19.9 Å². The number of hydrogen-bond acceptors (Lipinski definition) is 2. The molecule has 1 atom stereocenters. The molecule has 90 valence electrons. The van der Waals surface area contributed by atoms with Gasteiger partial charge in [0, 0.05) is 5.56 Å². The Balaban J connectivity index is 3.11. The van der Waals surface area contributed by atoms with Crippen LogP contribution >= 0.6 is 0 Å². The topological polar surface area (TPSA) is 50.4 Å². The highest BCUT2D eigenvalue weighted by atomic mass is 19.4. The third-order valence-corrected chi connectivity index (χ3v) is 2.23. The first-order chi connectivity index (χ1) is 7.21. The molecule has 1 aromatic rings. The summed E-state index contributed by atoms with van der Waals surface area (Å²) in [5, 5.41) is 8.48. The summed E-state index contributed by atoms with van der Waals surface area (Å²) in [6.45, 7) is 2.91. The highest BCUT2D eigenvalue weighted by Crippen LogP contribution is 2.39. The van der Waals surface area contributed by atoms with Gasteiger partial charge >= 0.3 is 12.1 Å². The highest BCUT2D eigenvalue weighted by Gasteiger charge is 2.43. The molecule has 0 aliphatic carbocycles. The standard InChI is InChI=1S/C10H11F3O3/c1-5-3-7(6(2)16-5)8(4-9(14)15)10(11,12)13/h3,8H,4H2,1-2H3,(H,14,15). The number of furan rings is 1. The quantitative estimate of drug-likeness (QED) is 0.877. The Bertz CT molecular complexity index is 393. The third-order valence-electron chi connectivity index (χ3n) is 2.23. The van der Waals surface area contributed by atoms with Crippen LogP contribution in [-0.2, 0) is 4.79 Å². The predicted molar refractivity (Wildman–Crippen MR) is 49.2 cm³/mol. The lowest BCUT2D eigenvalue weighted by Crippen LogP contribution is -2.23. The number of halogens is 3. The normalized spacial score (nSPS) is 13.8. The van der Waals surface area contributed by atoms with E-state index in [1.54, 1.807) is 0 Å². The van der Waals surface area contributed by atoms with Crippen LogP contribution < -0.4 is 0 Å². The maximum Gasteiger partial charge on any atom is 0.396 e. The van der Waals surface area contributed by atoms with E-state index in [-0.39, 0.29) is 11.3 Å². The lowest BCUT2D eigenvalue weighted by Gasteiger charge is -2.17. The Morgan fingerprint density at radius 2 is 2.06 bits per heavy atom. The van der Waals surface area contributed by atoms with E-state index in [4.69, 9.17) is 9.52 Å². The summed E-state index contributed by atoms with van der Waals surface area (Å²) in [7, 11) is 0. The predicted octanol–water partition coefficient (Wildman–Crippen LogP) is 3.02. The molecular formula is C10H11F3O3. The fourth-order valence-corrected chi connectivity index (χ4v) is 1.57. The van der Waals surface area contributed by atoms with Crippen LogP contribution in [0.4, 0.5) is 13.2 Å². The zero-order valence-corrected chi connectivity index (χ0v) is 8.76. The minimum absolute atomic E-state index is 0.104. The van der Waals surface area contributed by atoms with Gasteiger partial charge in [-0.25, -0.2) is 0 Å². The smallest absolute Gasteiger partial charge is 0.396 e. The van der Waals surface area contributed by atoms with Crippen LogP contribution in [0.2, 0.25) is 0 Å². The van der Waals surface area contributed by atoms with Gasteiger partial charge in [0.1, 0.15) is 11.5 Å². The van der Waals surface area contributed by atoms with E-state index in [9.17, 15) is 18.0 Å². The average molecular weight is 236 g/mol. The van der Waals surface area contributed by atoms with E-state index in [0.717, 1.165) is 0 Å². The van der Waals surface area contributed by atoms with Gasteiger partial charge in [-0.2, -0.15) is 13.2 Å². The van der Waals surface area contributed by atoms with Crippen molar-refractivity contribution in [3.05, 3.63) is 23.2 Å². The largest absolute Gasteiger partial charge is 0.481 e. The Morgan fingerprint density at radius 3 is 2.38 bits per heavy atom. The molecule has 1 N–H and O–H groups in total. The molecule has 0 saturated carbocycles. The Hall–Kier alpha value is -1.46. The number of carbonyl (C=O) groups is 1. The van der Waals surface area contributed by atoms with E-state index in [1.165, 1.54) is 19.9 Å². The SMILES string of the molecule is Cc1cc(C(CC(=O)O)C(F)(F)F)c(C)o1. The van der Waals surface area contributed by atoms with Gasteiger partial charge < -0.3 is 9.52 Å². The molecule has 0 spiro atoms. The first-order valence-electron chi connectivity index (χ1n) is 4.57. The first-order valence-corrected chi connectivity index (χ1v) is 4.57. The molecule has 0 aliphatic heterocycles. The lowest BCUT2D eigenvalue weighted by molar-refractivity contribution is -0.163. The molecule has 1 aromatic heterocycles. The van der Waals surface area contributed by atoms with Crippen molar-refractivity contribution in [2.75, 3.05) is 0 Å². The van der Waals surface area contributed by atoms with Crippen LogP contribution in [0.3, 0.4) is 0 Å². The molecule has 0 aromatic carbocycles. The van der Waals surface area contributed by atoms with Crippen LogP contribution in [0.5, 0.6) is 0 Å². The summed E-state index contributed by atoms with van der Waals surface area (Å²) in [5.74, 6) is -3.05. The molecule has 0 fully saturated rings. The van der Waals surface area contributed by atoms with Crippen molar-refractivity contribution in [1.29, 1.82) is 0 Å². The third kappa shape index (κ3) is 2.77. The number of carboxylic acid groups (broad SMARTS) is 1. The van der Waals surface area contributed by atoms with Crippen molar-refractivity contribution in [2.24, 2.45) is 0 Å². The van der Waals surface area contributed by atoms with E-state index in [0.29, 0.717) is 5.76 Å². The van der Waals surface area contributed by atoms with E-state index in [1.807, 2.05) is 0 Å². The second-order valence-corrected chi connectivity index (χ2v) is 3.56. The van der Waals surface area contributed by atoms with Crippen molar-refractivity contribution in [3.63, 3.8) is 0 Å². The molecule has 0 saturated heterocycles. The van der Waals surface area contributed by atoms with Crippen molar-refractivity contribution in [3.8, 4) is 0 Å². The van der Waals surface area contributed by atoms with E-state index >= 15 is 0 Å². The van der Waals surface area contributed by atoms with Gasteiger partial charge in [0.15, 0.2) is 0 Å². The van der Waals surface area contributed by atoms with Crippen LogP contribution in [0.15, 0.2) is 10.5 Å². The van der Waals surface area contributed by atoms with Gasteiger partial charge in [0.05, 0.1) is 12.3 Å². The van der Waals surface area contributed by atoms with Crippen molar-refractivity contribution in [1.82, 2.24) is 0 Å². The molecule has 0 radical (unpaired) electrons. The molecule has 0 aliphatic rings. The van der Waals surface area contributed by atoms with Gasteiger partial charge in [0.25, 0.3) is 0 Å². The monoisotopic (exact) mass is 236 g/mol. The zero-order valence-electron chi connectivity index (χ0n) is 8.76. The summed E-state index contributed by atoms with van der Waals surface area (Å²) in [6, 6.07) is 1.23. The van der Waals surface area contributed by atoms with Gasteiger partial charge in [-0.15, -0.1) is 0 Å². The maximum atomic E-state index is 12.7. The molecule has 1 heterocycles. The van der Waals surface area contributed by atoms with Crippen LogP contribution in [0, 0.1) is 13.8 Å². The molecule has 0 amide bonds. The van der Waals surface area contributed by atoms with Crippen molar-refractivity contribution >= 4 is 5.97 Å². The molecule has 0 bridgehead atoms. The second kappa shape index (κ2) is 4.19. The number of aryl methyl sites for hydroxylation is 2. The first kappa shape index (κ1) is 12.6. The van der Waals surface area contributed by atoms with Crippen LogP contribution in [0.25, 0.3) is 0 Å². The molecular weight excluding hydrogens is 225 g/mol. The average Bonchev–Trinajstić information content (AvgIpc) is 2.38. The summed E-state index contributed by atoms with van der Waals surface area (Å²) in [6.07, 6.45) is -5.57.